The van der Waals surface area contributed by atoms with Gasteiger partial charge in [-0.15, -0.1) is 0 Å². The van der Waals surface area contributed by atoms with Gasteiger partial charge in [-0.3, -0.25) is 9.59 Å². The van der Waals surface area contributed by atoms with Crippen molar-refractivity contribution in [2.75, 3.05) is 38.9 Å². The van der Waals surface area contributed by atoms with Crippen molar-refractivity contribution in [3.8, 4) is 40.2 Å². The number of aromatic nitrogens is 2. The fourth-order valence-corrected chi connectivity index (χ4v) is 5.56. The molecule has 2 aliphatic heterocycles. The molecule has 4 aromatic rings. The lowest BCUT2D eigenvalue weighted by atomic mass is 10.2. The second kappa shape index (κ2) is 18.6. The van der Waals surface area contributed by atoms with Crippen molar-refractivity contribution in [3.63, 3.8) is 0 Å². The summed E-state index contributed by atoms with van der Waals surface area (Å²) in [6.45, 7) is 0.481. The van der Waals surface area contributed by atoms with Crippen molar-refractivity contribution in [2.24, 2.45) is 0 Å². The van der Waals surface area contributed by atoms with Gasteiger partial charge in [0.05, 0.1) is 0 Å². The lowest BCUT2D eigenvalue weighted by molar-refractivity contribution is -0.0500. The Balaban J connectivity index is 0.000000163. The molecule has 15 nitrogen and oxygen atoms in total. The molecule has 4 aliphatic rings. The Morgan fingerprint density at radius 3 is 1.60 bits per heavy atom. The Morgan fingerprint density at radius 2 is 1.08 bits per heavy atom. The monoisotopic (exact) mass is 846 g/mol. The summed E-state index contributed by atoms with van der Waals surface area (Å²) in [4.78, 5) is 31.4. The van der Waals surface area contributed by atoms with E-state index in [1.807, 2.05) is 42.5 Å². The van der Waals surface area contributed by atoms with E-state index < -0.39 is 21.4 Å². The van der Waals surface area contributed by atoms with Crippen LogP contribution in [0.4, 0.5) is 30.2 Å². The molecule has 0 saturated heterocycles. The molecule has 2 aliphatic carbocycles. The SMILES string of the molecule is COCOc1ccc(N)cc1.COCOc1ccc(Nc2ccc3nc4ccc(=O)cc-4oc3c2)cc1.O=c1ccc2nc3ccc(OS(=O)(=O)C(F)(F)F)cc3oc-2c1. The summed E-state index contributed by atoms with van der Waals surface area (Å²) in [6, 6.07) is 32.0. The molecule has 0 radical (unpaired) electrons. The number of ether oxygens (including phenoxy) is 4. The number of nitrogen functional groups attached to an aromatic ring is 1. The summed E-state index contributed by atoms with van der Waals surface area (Å²) < 4.78 is 94.2. The van der Waals surface area contributed by atoms with Crippen LogP contribution in [0.2, 0.25) is 0 Å². The number of alkyl halides is 3. The van der Waals surface area contributed by atoms with Crippen LogP contribution < -0.4 is 35.6 Å². The lowest BCUT2D eigenvalue weighted by Gasteiger charge is -2.10. The zero-order chi connectivity index (χ0) is 42.9. The second-order valence-electron chi connectivity index (χ2n) is 12.3. The molecule has 0 saturated carbocycles. The number of hydrogen-bond donors (Lipinski definition) is 2. The molecule has 60 heavy (non-hydrogen) atoms. The normalized spacial score (nSPS) is 11.3. The first-order valence-electron chi connectivity index (χ1n) is 17.4. The smallest absolute Gasteiger partial charge is 0.468 e. The Morgan fingerprint density at radius 1 is 0.617 bits per heavy atom. The molecule has 0 bridgehead atoms. The van der Waals surface area contributed by atoms with E-state index in [2.05, 4.69) is 19.5 Å². The van der Waals surface area contributed by atoms with Gasteiger partial charge in [0.1, 0.15) is 39.7 Å². The standard InChI is InChI=1S/C20H16N2O4.C13H6F3NO5S.C8H11NO2/c1-24-12-25-16-6-2-13(3-7-16)21-14-4-8-17-19(10-14)26-20-11-15(23)5-9-18(20)22-17;14-13(15,16)23(19,20)22-8-2-4-10-12(6-8)21-11-5-7(18)1-3-9(11)17-10;1-10-6-11-8-4-2-7(9)3-5-8/h2-11,21H,12H2,1H3;1-6H;2-5H,6,9H2,1H3. The molecular formula is C41H33F3N4O11S. The van der Waals surface area contributed by atoms with Gasteiger partial charge in [-0.05, 0) is 97.1 Å². The molecule has 0 aromatic heterocycles. The third-order valence-electron chi connectivity index (χ3n) is 7.87. The molecular weight excluding hydrogens is 814 g/mol. The van der Waals surface area contributed by atoms with Gasteiger partial charge in [0.2, 0.25) is 0 Å². The highest BCUT2D eigenvalue weighted by atomic mass is 32.2. The lowest BCUT2D eigenvalue weighted by Crippen LogP contribution is -2.28. The van der Waals surface area contributed by atoms with Gasteiger partial charge in [-0.1, -0.05) is 0 Å². The van der Waals surface area contributed by atoms with E-state index in [0.717, 1.165) is 52.3 Å². The van der Waals surface area contributed by atoms with Gasteiger partial charge in [0.25, 0.3) is 0 Å². The average Bonchev–Trinajstić information content (AvgIpc) is 3.21. The highest BCUT2D eigenvalue weighted by Gasteiger charge is 2.48. The molecule has 3 N–H and O–H groups in total. The number of nitrogens with two attached hydrogens (primary N) is 1. The van der Waals surface area contributed by atoms with Crippen molar-refractivity contribution < 1.29 is 53.6 Å². The summed E-state index contributed by atoms with van der Waals surface area (Å²) in [5, 5.41) is 3.30. The van der Waals surface area contributed by atoms with Crippen LogP contribution in [0.25, 0.3) is 45.1 Å². The molecule has 2 heterocycles. The first-order valence-corrected chi connectivity index (χ1v) is 18.8. The van der Waals surface area contributed by atoms with E-state index in [9.17, 15) is 31.2 Å². The minimum absolute atomic E-state index is 0.0297. The third kappa shape index (κ3) is 11.0. The second-order valence-corrected chi connectivity index (χ2v) is 13.8. The van der Waals surface area contributed by atoms with Crippen molar-refractivity contribution >= 4 is 49.4 Å². The maximum atomic E-state index is 12.3. The first-order chi connectivity index (χ1) is 28.7. The quantitative estimate of drug-likeness (QED) is 0.0443. The van der Waals surface area contributed by atoms with E-state index in [-0.39, 0.29) is 41.3 Å². The van der Waals surface area contributed by atoms with Crippen LogP contribution >= 0.6 is 0 Å². The van der Waals surface area contributed by atoms with Crippen molar-refractivity contribution in [1.29, 1.82) is 0 Å². The summed E-state index contributed by atoms with van der Waals surface area (Å²) in [5.41, 5.74) is 4.56. The van der Waals surface area contributed by atoms with Crippen LogP contribution in [0.5, 0.6) is 17.2 Å². The Labute approximate surface area is 338 Å². The van der Waals surface area contributed by atoms with Crippen molar-refractivity contribution in [1.82, 2.24) is 9.97 Å². The minimum Gasteiger partial charge on any atom is -0.468 e. The summed E-state index contributed by atoms with van der Waals surface area (Å²) >= 11 is 0. The van der Waals surface area contributed by atoms with E-state index in [0.29, 0.717) is 22.7 Å². The average molecular weight is 847 g/mol. The van der Waals surface area contributed by atoms with Gasteiger partial charge >= 0.3 is 15.6 Å². The number of nitrogens with one attached hydrogen (secondary N) is 1. The van der Waals surface area contributed by atoms with E-state index in [4.69, 9.17) is 33.5 Å². The number of benzene rings is 6. The molecule has 0 spiro atoms. The zero-order valence-corrected chi connectivity index (χ0v) is 32.3. The Bertz CT molecular complexity index is 2870. The predicted molar refractivity (Wildman–Crippen MR) is 215 cm³/mol. The fraction of sp³-hybridized carbons (Fsp3) is 0.122. The van der Waals surface area contributed by atoms with E-state index >= 15 is 0 Å². The molecule has 8 rings (SSSR count). The predicted octanol–water partition coefficient (Wildman–Crippen LogP) is 7.79. The van der Waals surface area contributed by atoms with Crippen molar-refractivity contribution in [3.05, 3.63) is 142 Å². The largest absolute Gasteiger partial charge is 0.534 e. The molecule has 0 unspecified atom stereocenters. The Kier molecular flexibility index (Phi) is 13.1. The highest BCUT2D eigenvalue weighted by molar-refractivity contribution is 7.88. The van der Waals surface area contributed by atoms with Gasteiger partial charge in [0.15, 0.2) is 47.1 Å². The van der Waals surface area contributed by atoms with E-state index in [1.54, 1.807) is 44.6 Å². The van der Waals surface area contributed by atoms with E-state index in [1.165, 1.54) is 30.3 Å². The summed E-state index contributed by atoms with van der Waals surface area (Å²) in [7, 11) is -2.62. The van der Waals surface area contributed by atoms with Crippen LogP contribution in [-0.2, 0) is 19.6 Å². The maximum Gasteiger partial charge on any atom is 0.534 e. The number of nitrogens with zero attached hydrogens (tertiary/aromatic N) is 2. The maximum absolute atomic E-state index is 12.3. The van der Waals surface area contributed by atoms with Gasteiger partial charge in [-0.2, -0.15) is 21.6 Å². The molecule has 0 amide bonds. The van der Waals surface area contributed by atoms with Crippen molar-refractivity contribution in [2.45, 2.75) is 5.51 Å². The van der Waals surface area contributed by atoms with Crippen LogP contribution in [0, 0.1) is 0 Å². The summed E-state index contributed by atoms with van der Waals surface area (Å²) in [5.74, 6) is 1.50. The fourth-order valence-electron chi connectivity index (χ4n) is 5.11. The number of halogens is 3. The highest BCUT2D eigenvalue weighted by Crippen LogP contribution is 2.31. The summed E-state index contributed by atoms with van der Waals surface area (Å²) in [6.07, 6.45) is 0. The number of rotatable bonds is 10. The van der Waals surface area contributed by atoms with Gasteiger partial charge in [-0.25, -0.2) is 9.97 Å². The molecule has 0 atom stereocenters. The Hall–Kier alpha value is -7.22. The van der Waals surface area contributed by atoms with Crippen LogP contribution in [0.15, 0.2) is 140 Å². The molecule has 310 valence electrons. The number of fused-ring (bicyclic) bond motifs is 4. The molecule has 4 aromatic carbocycles. The zero-order valence-electron chi connectivity index (χ0n) is 31.5. The van der Waals surface area contributed by atoms with Gasteiger partial charge < -0.3 is 43.0 Å². The third-order valence-corrected chi connectivity index (χ3v) is 8.85. The molecule has 0 fully saturated rings. The van der Waals surface area contributed by atoms with Crippen LogP contribution in [0.1, 0.15) is 0 Å². The number of anilines is 3. The minimum atomic E-state index is -5.78. The number of methoxy groups -OCH3 is 2. The topological polar surface area (TPSA) is 205 Å². The first kappa shape index (κ1) is 42.4. The van der Waals surface area contributed by atoms with Gasteiger partial charge in [0, 0.05) is 55.5 Å². The van der Waals surface area contributed by atoms with Crippen LogP contribution in [0.3, 0.4) is 0 Å². The van der Waals surface area contributed by atoms with Crippen LogP contribution in [-0.4, -0.2) is 51.7 Å². The number of hydrogen-bond acceptors (Lipinski definition) is 15. The molecule has 19 heteroatoms.